The summed E-state index contributed by atoms with van der Waals surface area (Å²) in [6, 6.07) is 1.95. The van der Waals surface area contributed by atoms with Crippen molar-refractivity contribution in [3.8, 4) is 0 Å². The van der Waals surface area contributed by atoms with Crippen LogP contribution in [-0.2, 0) is 13.0 Å². The van der Waals surface area contributed by atoms with Crippen LogP contribution in [0.3, 0.4) is 0 Å². The highest BCUT2D eigenvalue weighted by atomic mass is 15.1. The summed E-state index contributed by atoms with van der Waals surface area (Å²) >= 11 is 0. The Labute approximate surface area is 98.7 Å². The van der Waals surface area contributed by atoms with E-state index in [4.69, 9.17) is 5.73 Å². The maximum Gasteiger partial charge on any atom is 0.222 e. The fraction of sp³-hybridized carbons (Fsp3) is 0.273. The third-order valence-electron chi connectivity index (χ3n) is 2.81. The normalized spacial score (nSPS) is 14.4. The highest BCUT2D eigenvalue weighted by molar-refractivity contribution is 5.61. The van der Waals surface area contributed by atoms with E-state index in [1.165, 1.54) is 0 Å². The van der Waals surface area contributed by atoms with Crippen molar-refractivity contribution >= 4 is 17.5 Å². The van der Waals surface area contributed by atoms with Gasteiger partial charge in [0.1, 0.15) is 5.82 Å². The standard InChI is InChI=1S/C11H14N6/c12-11-16-9-2-4-14-6-8(9)10(17-11)15-7-1-3-13-5-7/h1,3,5,13-14H,2,4,6H2,(H3,12,15,16,17). The minimum absolute atomic E-state index is 0.323. The topological polar surface area (TPSA) is 91.6 Å². The van der Waals surface area contributed by atoms with Gasteiger partial charge in [0.05, 0.1) is 11.4 Å². The molecule has 0 aliphatic carbocycles. The third kappa shape index (κ3) is 1.94. The van der Waals surface area contributed by atoms with Crippen LogP contribution in [-0.4, -0.2) is 21.5 Å². The Morgan fingerprint density at radius 2 is 2.29 bits per heavy atom. The molecule has 0 spiro atoms. The van der Waals surface area contributed by atoms with E-state index < -0.39 is 0 Å². The summed E-state index contributed by atoms with van der Waals surface area (Å²) < 4.78 is 0. The van der Waals surface area contributed by atoms with Gasteiger partial charge in [-0.1, -0.05) is 0 Å². The van der Waals surface area contributed by atoms with Crippen LogP contribution in [0.2, 0.25) is 0 Å². The van der Waals surface area contributed by atoms with Crippen molar-refractivity contribution in [3.63, 3.8) is 0 Å². The molecule has 88 valence electrons. The van der Waals surface area contributed by atoms with Crippen LogP contribution < -0.4 is 16.4 Å². The van der Waals surface area contributed by atoms with Gasteiger partial charge in [-0.25, -0.2) is 4.98 Å². The number of aromatic amines is 1. The van der Waals surface area contributed by atoms with Crippen LogP contribution in [0.4, 0.5) is 17.5 Å². The first kappa shape index (κ1) is 10.1. The Morgan fingerprint density at radius 1 is 1.35 bits per heavy atom. The van der Waals surface area contributed by atoms with Crippen molar-refractivity contribution in [2.24, 2.45) is 0 Å². The fourth-order valence-corrected chi connectivity index (χ4v) is 2.00. The summed E-state index contributed by atoms with van der Waals surface area (Å²) in [7, 11) is 0. The van der Waals surface area contributed by atoms with E-state index in [2.05, 4.69) is 25.6 Å². The molecule has 6 heteroatoms. The predicted molar refractivity (Wildman–Crippen MR) is 65.9 cm³/mol. The SMILES string of the molecule is Nc1nc2c(c(Nc3cc[nH]c3)n1)CNCC2. The number of nitrogens with one attached hydrogen (secondary N) is 3. The summed E-state index contributed by atoms with van der Waals surface area (Å²) in [5.74, 6) is 1.11. The van der Waals surface area contributed by atoms with Crippen LogP contribution in [0, 0.1) is 0 Å². The summed E-state index contributed by atoms with van der Waals surface area (Å²) in [6.45, 7) is 1.72. The molecule has 1 aliphatic heterocycles. The van der Waals surface area contributed by atoms with Crippen LogP contribution in [0.1, 0.15) is 11.3 Å². The quantitative estimate of drug-likeness (QED) is 0.612. The highest BCUT2D eigenvalue weighted by Crippen LogP contribution is 2.23. The molecule has 1 aliphatic rings. The molecule has 0 bridgehead atoms. The molecule has 0 aromatic carbocycles. The fourth-order valence-electron chi connectivity index (χ4n) is 2.00. The number of nitrogens with zero attached hydrogens (tertiary/aromatic N) is 2. The molecule has 0 unspecified atom stereocenters. The molecule has 0 radical (unpaired) electrons. The molecular weight excluding hydrogens is 216 g/mol. The first-order chi connectivity index (χ1) is 8.33. The molecule has 0 saturated carbocycles. The Kier molecular flexibility index (Phi) is 2.41. The van der Waals surface area contributed by atoms with Gasteiger partial charge in [0.2, 0.25) is 5.95 Å². The number of fused-ring (bicyclic) bond motifs is 1. The van der Waals surface area contributed by atoms with Gasteiger partial charge in [-0.3, -0.25) is 0 Å². The number of hydrogen-bond acceptors (Lipinski definition) is 5. The molecule has 5 N–H and O–H groups in total. The maximum absolute atomic E-state index is 5.72. The Balaban J connectivity index is 2.00. The Hall–Kier alpha value is -2.08. The van der Waals surface area contributed by atoms with Gasteiger partial charge >= 0.3 is 0 Å². The number of aromatic nitrogens is 3. The zero-order valence-corrected chi connectivity index (χ0v) is 9.33. The molecule has 6 nitrogen and oxygen atoms in total. The van der Waals surface area contributed by atoms with Crippen LogP contribution in [0.15, 0.2) is 18.5 Å². The number of rotatable bonds is 2. The van der Waals surface area contributed by atoms with Crippen molar-refractivity contribution in [1.29, 1.82) is 0 Å². The summed E-state index contributed by atoms with van der Waals surface area (Å²) in [4.78, 5) is 11.5. The van der Waals surface area contributed by atoms with Gasteiger partial charge in [-0.2, -0.15) is 4.98 Å². The predicted octanol–water partition coefficient (Wildman–Crippen LogP) is 0.776. The average Bonchev–Trinajstić information content (AvgIpc) is 2.81. The van der Waals surface area contributed by atoms with Gasteiger partial charge in [0.15, 0.2) is 0 Å². The van der Waals surface area contributed by atoms with E-state index in [0.717, 1.165) is 42.3 Å². The molecule has 0 amide bonds. The molecule has 2 aromatic rings. The Bertz CT molecular complexity index is 519. The van der Waals surface area contributed by atoms with Crippen molar-refractivity contribution in [2.75, 3.05) is 17.6 Å². The van der Waals surface area contributed by atoms with Crippen molar-refractivity contribution < 1.29 is 0 Å². The zero-order chi connectivity index (χ0) is 11.7. The molecule has 3 heterocycles. The van der Waals surface area contributed by atoms with E-state index in [1.54, 1.807) is 0 Å². The average molecular weight is 230 g/mol. The third-order valence-corrected chi connectivity index (χ3v) is 2.81. The zero-order valence-electron chi connectivity index (χ0n) is 9.33. The van der Waals surface area contributed by atoms with Crippen molar-refractivity contribution in [3.05, 3.63) is 29.7 Å². The number of nitrogens with two attached hydrogens (primary N) is 1. The molecule has 0 atom stereocenters. The van der Waals surface area contributed by atoms with Gasteiger partial charge in [-0.15, -0.1) is 0 Å². The lowest BCUT2D eigenvalue weighted by molar-refractivity contribution is 0.629. The highest BCUT2D eigenvalue weighted by Gasteiger charge is 2.16. The number of nitrogen functional groups attached to an aromatic ring is 1. The lowest BCUT2D eigenvalue weighted by atomic mass is 10.1. The second-order valence-corrected chi connectivity index (χ2v) is 4.01. The van der Waals surface area contributed by atoms with Crippen LogP contribution in [0.25, 0.3) is 0 Å². The van der Waals surface area contributed by atoms with Crippen LogP contribution in [0.5, 0.6) is 0 Å². The monoisotopic (exact) mass is 230 g/mol. The molecular formula is C11H14N6. The maximum atomic E-state index is 5.72. The second-order valence-electron chi connectivity index (χ2n) is 4.01. The first-order valence-electron chi connectivity index (χ1n) is 5.59. The molecule has 17 heavy (non-hydrogen) atoms. The number of anilines is 3. The summed E-state index contributed by atoms with van der Waals surface area (Å²) in [5, 5.41) is 6.56. The van der Waals surface area contributed by atoms with Gasteiger partial charge in [0, 0.05) is 37.5 Å². The smallest absolute Gasteiger partial charge is 0.222 e. The molecule has 3 rings (SSSR count). The second kappa shape index (κ2) is 4.06. The van der Waals surface area contributed by atoms with Gasteiger partial charge in [0.25, 0.3) is 0 Å². The number of hydrogen-bond donors (Lipinski definition) is 4. The molecule has 2 aromatic heterocycles. The molecule has 0 fully saturated rings. The largest absolute Gasteiger partial charge is 0.368 e. The summed E-state index contributed by atoms with van der Waals surface area (Å²) in [6.07, 6.45) is 4.63. The Morgan fingerprint density at radius 3 is 3.12 bits per heavy atom. The lowest BCUT2D eigenvalue weighted by Gasteiger charge is -2.19. The van der Waals surface area contributed by atoms with Gasteiger partial charge < -0.3 is 21.4 Å². The van der Waals surface area contributed by atoms with E-state index >= 15 is 0 Å². The van der Waals surface area contributed by atoms with E-state index in [0.29, 0.717) is 5.95 Å². The minimum Gasteiger partial charge on any atom is -0.368 e. The molecule has 0 saturated heterocycles. The van der Waals surface area contributed by atoms with Crippen LogP contribution >= 0.6 is 0 Å². The van der Waals surface area contributed by atoms with Crippen molar-refractivity contribution in [2.45, 2.75) is 13.0 Å². The van der Waals surface area contributed by atoms with Gasteiger partial charge in [-0.05, 0) is 6.07 Å². The van der Waals surface area contributed by atoms with E-state index in [-0.39, 0.29) is 0 Å². The van der Waals surface area contributed by atoms with Crippen molar-refractivity contribution in [1.82, 2.24) is 20.3 Å². The summed E-state index contributed by atoms with van der Waals surface area (Å²) in [5.41, 5.74) is 8.83. The minimum atomic E-state index is 0.323. The number of H-pyrrole nitrogens is 1. The lowest BCUT2D eigenvalue weighted by Crippen LogP contribution is -2.26. The first-order valence-corrected chi connectivity index (χ1v) is 5.59. The van der Waals surface area contributed by atoms with E-state index in [9.17, 15) is 0 Å². The van der Waals surface area contributed by atoms with E-state index in [1.807, 2.05) is 18.5 Å².